The van der Waals surface area contributed by atoms with Gasteiger partial charge in [-0.1, -0.05) is 19.1 Å². The summed E-state index contributed by atoms with van der Waals surface area (Å²) in [6, 6.07) is 8.14. The zero-order valence-electron chi connectivity index (χ0n) is 13.3. The van der Waals surface area contributed by atoms with Crippen molar-refractivity contribution in [2.24, 2.45) is 0 Å². The Labute approximate surface area is 127 Å². The van der Waals surface area contributed by atoms with E-state index in [-0.39, 0.29) is 5.91 Å². The zero-order valence-corrected chi connectivity index (χ0v) is 13.3. The van der Waals surface area contributed by atoms with Crippen LogP contribution in [0.2, 0.25) is 0 Å². The van der Waals surface area contributed by atoms with Crippen molar-refractivity contribution in [2.45, 2.75) is 45.8 Å². The summed E-state index contributed by atoms with van der Waals surface area (Å²) >= 11 is 0. The lowest BCUT2D eigenvalue weighted by atomic mass is 10.2. The van der Waals surface area contributed by atoms with Crippen molar-refractivity contribution in [3.63, 3.8) is 0 Å². The predicted octanol–water partition coefficient (Wildman–Crippen LogP) is 2.36. The summed E-state index contributed by atoms with van der Waals surface area (Å²) in [6.07, 6.45) is 1.56. The van der Waals surface area contributed by atoms with Crippen LogP contribution in [0.4, 0.5) is 0 Å². The van der Waals surface area contributed by atoms with Crippen LogP contribution in [0.25, 0.3) is 0 Å². The molecule has 4 heteroatoms. The normalized spacial score (nSPS) is 19.3. The molecule has 0 spiro atoms. The highest BCUT2D eigenvalue weighted by atomic mass is 16.5. The molecule has 21 heavy (non-hydrogen) atoms. The van der Waals surface area contributed by atoms with E-state index in [4.69, 9.17) is 4.74 Å². The number of carbonyl (C=O) groups excluding carboxylic acids is 1. The first kappa shape index (κ1) is 15.8. The molecule has 1 aliphatic heterocycles. The van der Waals surface area contributed by atoms with Gasteiger partial charge in [-0.25, -0.2) is 0 Å². The number of amides is 1. The first-order valence-corrected chi connectivity index (χ1v) is 7.86. The van der Waals surface area contributed by atoms with E-state index >= 15 is 0 Å². The SMILES string of the molecule is CCCN(C(=O)C(C)Oc1cccc(C)c1)C1CCNC1. The predicted molar refractivity (Wildman–Crippen MR) is 84.5 cm³/mol. The molecule has 116 valence electrons. The van der Waals surface area contributed by atoms with Crippen LogP contribution in [0.1, 0.15) is 32.3 Å². The molecule has 2 unspecified atom stereocenters. The van der Waals surface area contributed by atoms with Gasteiger partial charge in [0.1, 0.15) is 5.75 Å². The topological polar surface area (TPSA) is 41.6 Å². The summed E-state index contributed by atoms with van der Waals surface area (Å²) in [5.41, 5.74) is 1.14. The third-order valence-electron chi connectivity index (χ3n) is 3.87. The molecule has 0 radical (unpaired) electrons. The van der Waals surface area contributed by atoms with Crippen LogP contribution >= 0.6 is 0 Å². The van der Waals surface area contributed by atoms with E-state index in [1.54, 1.807) is 0 Å². The van der Waals surface area contributed by atoms with Crippen LogP contribution in [0.3, 0.4) is 0 Å². The first-order chi connectivity index (χ1) is 10.1. The number of rotatable bonds is 6. The van der Waals surface area contributed by atoms with E-state index in [0.29, 0.717) is 6.04 Å². The van der Waals surface area contributed by atoms with E-state index in [2.05, 4.69) is 12.2 Å². The molecule has 0 bridgehead atoms. The Balaban J connectivity index is 2.01. The molecule has 2 rings (SSSR count). The summed E-state index contributed by atoms with van der Waals surface area (Å²) in [5, 5.41) is 3.33. The van der Waals surface area contributed by atoms with Crippen LogP contribution < -0.4 is 10.1 Å². The fourth-order valence-corrected chi connectivity index (χ4v) is 2.80. The molecule has 1 fully saturated rings. The molecular weight excluding hydrogens is 264 g/mol. The molecular formula is C17H26N2O2. The Bertz CT molecular complexity index is 470. The fraction of sp³-hybridized carbons (Fsp3) is 0.588. The Morgan fingerprint density at radius 2 is 2.33 bits per heavy atom. The second-order valence-corrected chi connectivity index (χ2v) is 5.75. The average molecular weight is 290 g/mol. The summed E-state index contributed by atoms with van der Waals surface area (Å²) in [7, 11) is 0. The minimum Gasteiger partial charge on any atom is -0.481 e. The Kier molecular flexibility index (Phi) is 5.62. The van der Waals surface area contributed by atoms with Crippen molar-refractivity contribution >= 4 is 5.91 Å². The second-order valence-electron chi connectivity index (χ2n) is 5.75. The van der Waals surface area contributed by atoms with E-state index < -0.39 is 6.10 Å². The van der Waals surface area contributed by atoms with E-state index in [1.165, 1.54) is 0 Å². The molecule has 2 atom stereocenters. The minimum atomic E-state index is -0.445. The highest BCUT2D eigenvalue weighted by Crippen LogP contribution is 2.17. The number of carbonyl (C=O) groups is 1. The molecule has 1 aromatic carbocycles. The highest BCUT2D eigenvalue weighted by molar-refractivity contribution is 5.81. The molecule has 1 amide bonds. The van der Waals surface area contributed by atoms with Gasteiger partial charge in [0.25, 0.3) is 5.91 Å². The molecule has 4 nitrogen and oxygen atoms in total. The summed E-state index contributed by atoms with van der Waals surface area (Å²) in [5.74, 6) is 0.851. The van der Waals surface area contributed by atoms with Gasteiger partial charge in [0, 0.05) is 19.1 Å². The Morgan fingerprint density at radius 3 is 2.95 bits per heavy atom. The smallest absolute Gasteiger partial charge is 0.263 e. The molecule has 1 N–H and O–H groups in total. The lowest BCUT2D eigenvalue weighted by Gasteiger charge is -2.30. The molecule has 0 aliphatic carbocycles. The van der Waals surface area contributed by atoms with Crippen molar-refractivity contribution in [3.8, 4) is 5.75 Å². The van der Waals surface area contributed by atoms with Crippen molar-refractivity contribution in [2.75, 3.05) is 19.6 Å². The Hall–Kier alpha value is -1.55. The van der Waals surface area contributed by atoms with Crippen molar-refractivity contribution in [3.05, 3.63) is 29.8 Å². The summed E-state index contributed by atoms with van der Waals surface area (Å²) < 4.78 is 5.83. The number of hydrogen-bond donors (Lipinski definition) is 1. The summed E-state index contributed by atoms with van der Waals surface area (Å²) in [4.78, 5) is 14.7. The quantitative estimate of drug-likeness (QED) is 0.874. The fourth-order valence-electron chi connectivity index (χ4n) is 2.80. The molecule has 0 aromatic heterocycles. The lowest BCUT2D eigenvalue weighted by Crippen LogP contribution is -2.47. The number of nitrogens with zero attached hydrogens (tertiary/aromatic N) is 1. The van der Waals surface area contributed by atoms with Gasteiger partial charge >= 0.3 is 0 Å². The Morgan fingerprint density at radius 1 is 1.52 bits per heavy atom. The maximum absolute atomic E-state index is 12.7. The van der Waals surface area contributed by atoms with Crippen LogP contribution in [0.15, 0.2) is 24.3 Å². The van der Waals surface area contributed by atoms with Crippen molar-refractivity contribution in [1.29, 1.82) is 0 Å². The largest absolute Gasteiger partial charge is 0.481 e. The molecule has 1 aliphatic rings. The maximum atomic E-state index is 12.7. The van der Waals surface area contributed by atoms with E-state index in [0.717, 1.165) is 43.8 Å². The van der Waals surface area contributed by atoms with Crippen molar-refractivity contribution in [1.82, 2.24) is 10.2 Å². The van der Waals surface area contributed by atoms with Crippen LogP contribution in [-0.2, 0) is 4.79 Å². The third-order valence-corrected chi connectivity index (χ3v) is 3.87. The molecule has 1 aromatic rings. The maximum Gasteiger partial charge on any atom is 0.263 e. The van der Waals surface area contributed by atoms with E-state index in [9.17, 15) is 4.79 Å². The van der Waals surface area contributed by atoms with Gasteiger partial charge in [-0.05, 0) is 50.9 Å². The van der Waals surface area contributed by atoms with Gasteiger partial charge in [-0.3, -0.25) is 4.79 Å². The lowest BCUT2D eigenvalue weighted by molar-refractivity contribution is -0.140. The van der Waals surface area contributed by atoms with Gasteiger partial charge in [-0.2, -0.15) is 0 Å². The highest BCUT2D eigenvalue weighted by Gasteiger charge is 2.29. The molecule has 1 heterocycles. The van der Waals surface area contributed by atoms with Gasteiger partial charge in [0.05, 0.1) is 0 Å². The van der Waals surface area contributed by atoms with E-state index in [1.807, 2.05) is 43.0 Å². The number of nitrogens with one attached hydrogen (secondary N) is 1. The first-order valence-electron chi connectivity index (χ1n) is 7.86. The number of benzene rings is 1. The van der Waals surface area contributed by atoms with Gasteiger partial charge in [0.2, 0.25) is 0 Å². The summed E-state index contributed by atoms with van der Waals surface area (Å²) in [6.45, 7) is 8.65. The molecule has 0 saturated carbocycles. The number of ether oxygens (including phenoxy) is 1. The number of hydrogen-bond acceptors (Lipinski definition) is 3. The van der Waals surface area contributed by atoms with Crippen LogP contribution in [0, 0.1) is 6.92 Å². The van der Waals surface area contributed by atoms with Crippen LogP contribution in [-0.4, -0.2) is 42.6 Å². The van der Waals surface area contributed by atoms with Gasteiger partial charge in [0.15, 0.2) is 6.10 Å². The third kappa shape index (κ3) is 4.21. The average Bonchev–Trinajstić information content (AvgIpc) is 2.98. The monoisotopic (exact) mass is 290 g/mol. The van der Waals surface area contributed by atoms with Crippen LogP contribution in [0.5, 0.6) is 5.75 Å². The van der Waals surface area contributed by atoms with Gasteiger partial charge in [-0.15, -0.1) is 0 Å². The zero-order chi connectivity index (χ0) is 15.2. The number of aryl methyl sites for hydroxylation is 1. The molecule has 1 saturated heterocycles. The van der Waals surface area contributed by atoms with Crippen molar-refractivity contribution < 1.29 is 9.53 Å². The second kappa shape index (κ2) is 7.46. The minimum absolute atomic E-state index is 0.0899. The standard InChI is InChI=1S/C17H26N2O2/c1-4-10-19(15-8-9-18-12-15)17(20)14(3)21-16-7-5-6-13(2)11-16/h5-7,11,14-15,18H,4,8-10,12H2,1-3H3. The van der Waals surface area contributed by atoms with Gasteiger partial charge < -0.3 is 15.0 Å².